The maximum Gasteiger partial charge on any atom is 0.161 e. The molecule has 0 unspecified atom stereocenters. The second-order valence-electron chi connectivity index (χ2n) is 4.82. The van der Waals surface area contributed by atoms with Crippen molar-refractivity contribution in [2.75, 3.05) is 17.6 Å². The number of amidine groups is 1. The van der Waals surface area contributed by atoms with Gasteiger partial charge in [-0.1, -0.05) is 48.2 Å². The van der Waals surface area contributed by atoms with E-state index in [1.807, 2.05) is 42.5 Å². The zero-order valence-electron chi connectivity index (χ0n) is 11.8. The van der Waals surface area contributed by atoms with E-state index in [1.54, 1.807) is 11.8 Å². The molecule has 1 N–H and O–H groups in total. The summed E-state index contributed by atoms with van der Waals surface area (Å²) in [5.41, 5.74) is 2.19. The highest BCUT2D eigenvalue weighted by atomic mass is 32.2. The summed E-state index contributed by atoms with van der Waals surface area (Å²) in [7, 11) is 0. The highest BCUT2D eigenvalue weighted by molar-refractivity contribution is 8.14. The van der Waals surface area contributed by atoms with E-state index < -0.39 is 0 Å². The molecule has 2 aromatic rings. The minimum atomic E-state index is 0.583. The monoisotopic (exact) mass is 298 g/mol. The van der Waals surface area contributed by atoms with Gasteiger partial charge in [-0.15, -0.1) is 0 Å². The molecule has 0 saturated heterocycles. The molecule has 0 radical (unpaired) electrons. The Morgan fingerprint density at radius 1 is 1.10 bits per heavy atom. The fraction of sp³-hybridized carbons (Fsp3) is 0.235. The van der Waals surface area contributed by atoms with Gasteiger partial charge in [0, 0.05) is 24.1 Å². The van der Waals surface area contributed by atoms with E-state index in [1.165, 1.54) is 5.56 Å². The second kappa shape index (κ2) is 7.18. The summed E-state index contributed by atoms with van der Waals surface area (Å²) in [5, 5.41) is 4.35. The van der Waals surface area contributed by atoms with Gasteiger partial charge in [0.25, 0.3) is 0 Å². The van der Waals surface area contributed by atoms with Gasteiger partial charge in [0.15, 0.2) is 5.17 Å². The molecule has 3 rings (SSSR count). The van der Waals surface area contributed by atoms with Crippen LogP contribution in [0.25, 0.3) is 0 Å². The Kier molecular flexibility index (Phi) is 4.79. The first-order valence-corrected chi connectivity index (χ1v) is 8.10. The summed E-state index contributed by atoms with van der Waals surface area (Å²) < 4.78 is 5.84. The maximum atomic E-state index is 5.84. The number of benzene rings is 2. The van der Waals surface area contributed by atoms with E-state index in [-0.39, 0.29) is 0 Å². The first-order chi connectivity index (χ1) is 10.4. The molecule has 0 aromatic heterocycles. The van der Waals surface area contributed by atoms with Gasteiger partial charge in [-0.2, -0.15) is 0 Å². The molecule has 2 aromatic carbocycles. The smallest absolute Gasteiger partial charge is 0.161 e. The quantitative estimate of drug-likeness (QED) is 0.919. The van der Waals surface area contributed by atoms with Crippen LogP contribution < -0.4 is 10.1 Å². The molecular formula is C17H18N2OS. The number of nitrogens with one attached hydrogen (secondary N) is 1. The zero-order valence-corrected chi connectivity index (χ0v) is 12.6. The third kappa shape index (κ3) is 4.26. The van der Waals surface area contributed by atoms with Crippen LogP contribution in [0.1, 0.15) is 12.0 Å². The van der Waals surface area contributed by atoms with Crippen molar-refractivity contribution < 1.29 is 4.74 Å². The van der Waals surface area contributed by atoms with Crippen LogP contribution in [-0.2, 0) is 6.61 Å². The Balaban J connectivity index is 1.61. The lowest BCUT2D eigenvalue weighted by Crippen LogP contribution is -2.13. The molecule has 1 aliphatic heterocycles. The number of ether oxygens (including phenoxy) is 1. The van der Waals surface area contributed by atoms with Gasteiger partial charge in [-0.3, -0.25) is 4.99 Å². The lowest BCUT2D eigenvalue weighted by molar-refractivity contribution is 0.306. The van der Waals surface area contributed by atoms with Crippen molar-refractivity contribution in [1.82, 2.24) is 0 Å². The molecule has 0 atom stereocenters. The molecule has 21 heavy (non-hydrogen) atoms. The minimum Gasteiger partial charge on any atom is -0.489 e. The summed E-state index contributed by atoms with van der Waals surface area (Å²) in [5.74, 6) is 2.00. The lowest BCUT2D eigenvalue weighted by atomic mass is 10.2. The highest BCUT2D eigenvalue weighted by Crippen LogP contribution is 2.21. The predicted molar refractivity (Wildman–Crippen MR) is 90.2 cm³/mol. The Bertz CT molecular complexity index is 613. The van der Waals surface area contributed by atoms with Crippen LogP contribution in [0, 0.1) is 0 Å². The fourth-order valence-electron chi connectivity index (χ4n) is 2.06. The van der Waals surface area contributed by atoms with Crippen molar-refractivity contribution in [2.45, 2.75) is 13.0 Å². The third-order valence-electron chi connectivity index (χ3n) is 3.13. The SMILES string of the molecule is c1ccc(COc2cccc(NC3=NCCCS3)c2)cc1. The number of nitrogens with zero attached hydrogens (tertiary/aromatic N) is 1. The fourth-order valence-corrected chi connectivity index (χ4v) is 2.90. The maximum absolute atomic E-state index is 5.84. The van der Waals surface area contributed by atoms with Gasteiger partial charge >= 0.3 is 0 Å². The molecule has 0 amide bonds. The van der Waals surface area contributed by atoms with Gasteiger partial charge in [-0.05, 0) is 24.1 Å². The van der Waals surface area contributed by atoms with Crippen molar-refractivity contribution >= 4 is 22.6 Å². The summed E-state index contributed by atoms with van der Waals surface area (Å²) in [6.45, 7) is 1.50. The van der Waals surface area contributed by atoms with Gasteiger partial charge in [0.1, 0.15) is 12.4 Å². The average Bonchev–Trinajstić information content (AvgIpc) is 2.55. The van der Waals surface area contributed by atoms with E-state index in [9.17, 15) is 0 Å². The molecule has 0 fully saturated rings. The molecule has 0 spiro atoms. The van der Waals surface area contributed by atoms with Crippen LogP contribution in [0.3, 0.4) is 0 Å². The Morgan fingerprint density at radius 2 is 2.00 bits per heavy atom. The first-order valence-electron chi connectivity index (χ1n) is 7.11. The minimum absolute atomic E-state index is 0.583. The number of hydrogen-bond donors (Lipinski definition) is 1. The van der Waals surface area contributed by atoms with Crippen LogP contribution in [0.2, 0.25) is 0 Å². The Labute approximate surface area is 129 Å². The number of rotatable bonds is 4. The number of aliphatic imine (C=N–C) groups is 1. The predicted octanol–water partition coefficient (Wildman–Crippen LogP) is 4.17. The van der Waals surface area contributed by atoms with E-state index >= 15 is 0 Å². The van der Waals surface area contributed by atoms with Crippen LogP contribution in [-0.4, -0.2) is 17.5 Å². The molecule has 3 nitrogen and oxygen atoms in total. The molecule has 108 valence electrons. The van der Waals surface area contributed by atoms with Crippen LogP contribution in [0.15, 0.2) is 59.6 Å². The summed E-state index contributed by atoms with van der Waals surface area (Å²) in [6.07, 6.45) is 1.16. The first kappa shape index (κ1) is 14.0. The topological polar surface area (TPSA) is 33.6 Å². The van der Waals surface area contributed by atoms with Gasteiger partial charge < -0.3 is 10.1 Å². The van der Waals surface area contributed by atoms with Crippen LogP contribution in [0.5, 0.6) is 5.75 Å². The summed E-state index contributed by atoms with van der Waals surface area (Å²) in [4.78, 5) is 4.48. The van der Waals surface area contributed by atoms with Crippen LogP contribution in [0.4, 0.5) is 5.69 Å². The molecule has 4 heteroatoms. The van der Waals surface area contributed by atoms with Gasteiger partial charge in [-0.25, -0.2) is 0 Å². The summed E-state index contributed by atoms with van der Waals surface area (Å²) in [6, 6.07) is 18.2. The molecule has 1 aliphatic rings. The van der Waals surface area contributed by atoms with E-state index in [0.29, 0.717) is 6.61 Å². The van der Waals surface area contributed by atoms with E-state index in [2.05, 4.69) is 22.4 Å². The molecule has 0 bridgehead atoms. The number of anilines is 1. The Hall–Kier alpha value is -1.94. The largest absolute Gasteiger partial charge is 0.489 e. The average molecular weight is 298 g/mol. The van der Waals surface area contributed by atoms with Gasteiger partial charge in [0.2, 0.25) is 0 Å². The zero-order chi connectivity index (χ0) is 14.3. The standard InChI is InChI=1S/C17H18N2OS/c1-2-6-14(7-3-1)13-20-16-9-4-8-15(12-16)19-17-18-10-5-11-21-17/h1-4,6-9,12H,5,10-11,13H2,(H,18,19). The molecule has 1 heterocycles. The van der Waals surface area contributed by atoms with E-state index in [0.717, 1.165) is 35.3 Å². The summed E-state index contributed by atoms with van der Waals surface area (Å²) >= 11 is 1.77. The van der Waals surface area contributed by atoms with Crippen molar-refractivity contribution in [1.29, 1.82) is 0 Å². The molecular weight excluding hydrogens is 280 g/mol. The molecule has 0 aliphatic carbocycles. The Morgan fingerprint density at radius 3 is 2.81 bits per heavy atom. The van der Waals surface area contributed by atoms with Crippen molar-refractivity contribution in [3.8, 4) is 5.75 Å². The third-order valence-corrected chi connectivity index (χ3v) is 4.13. The van der Waals surface area contributed by atoms with Crippen molar-refractivity contribution in [3.63, 3.8) is 0 Å². The van der Waals surface area contributed by atoms with Crippen LogP contribution >= 0.6 is 11.8 Å². The van der Waals surface area contributed by atoms with Crippen molar-refractivity contribution in [3.05, 3.63) is 60.2 Å². The number of hydrogen-bond acceptors (Lipinski definition) is 4. The lowest BCUT2D eigenvalue weighted by Gasteiger charge is -2.14. The molecule has 0 saturated carbocycles. The normalized spacial score (nSPS) is 14.4. The van der Waals surface area contributed by atoms with Gasteiger partial charge in [0.05, 0.1) is 0 Å². The van der Waals surface area contributed by atoms with E-state index in [4.69, 9.17) is 4.74 Å². The second-order valence-corrected chi connectivity index (χ2v) is 5.90. The number of thioether (sulfide) groups is 1. The highest BCUT2D eigenvalue weighted by Gasteiger charge is 2.06. The van der Waals surface area contributed by atoms with Crippen molar-refractivity contribution in [2.24, 2.45) is 4.99 Å².